The Morgan fingerprint density at radius 3 is 2.63 bits per heavy atom. The maximum atomic E-state index is 10.9. The van der Waals surface area contributed by atoms with Gasteiger partial charge in [0.2, 0.25) is 5.91 Å². The molecule has 1 unspecified atom stereocenters. The first-order valence-electron chi connectivity index (χ1n) is 5.90. The fourth-order valence-electron chi connectivity index (χ4n) is 1.46. The highest BCUT2D eigenvalue weighted by Gasteiger charge is 2.17. The van der Waals surface area contributed by atoms with E-state index in [0.717, 1.165) is 16.5 Å². The fraction of sp³-hybridized carbons (Fsp3) is 0.583. The van der Waals surface area contributed by atoms with Crippen molar-refractivity contribution in [2.75, 3.05) is 5.75 Å². The highest BCUT2D eigenvalue weighted by atomic mass is 32.2. The molecule has 1 heterocycles. The van der Waals surface area contributed by atoms with Gasteiger partial charge in [0.25, 0.3) is 0 Å². The minimum Gasteiger partial charge on any atom is -0.480 e. The van der Waals surface area contributed by atoms with Crippen LogP contribution in [0.2, 0.25) is 0 Å². The van der Waals surface area contributed by atoms with Gasteiger partial charge >= 0.3 is 5.97 Å². The van der Waals surface area contributed by atoms with Gasteiger partial charge in [-0.1, -0.05) is 0 Å². The number of carboxylic acids is 1. The predicted octanol–water partition coefficient (Wildman–Crippen LogP) is 1.97. The van der Waals surface area contributed by atoms with Crippen LogP contribution in [0.5, 0.6) is 0 Å². The van der Waals surface area contributed by atoms with Gasteiger partial charge in [-0.15, -0.1) is 11.3 Å². The van der Waals surface area contributed by atoms with Gasteiger partial charge in [-0.2, -0.15) is 11.8 Å². The lowest BCUT2D eigenvalue weighted by Gasteiger charge is -2.12. The van der Waals surface area contributed by atoms with Gasteiger partial charge in [-0.05, 0) is 26.0 Å². The van der Waals surface area contributed by atoms with E-state index in [1.807, 2.05) is 13.8 Å². The molecule has 0 spiro atoms. The van der Waals surface area contributed by atoms with Gasteiger partial charge in [0.05, 0.1) is 5.69 Å². The largest absolute Gasteiger partial charge is 0.480 e. The number of carboxylic acid groups (broad SMARTS) is 1. The molecule has 106 valence electrons. The number of hydrogen-bond acceptors (Lipinski definition) is 5. The number of nitrogens with zero attached hydrogens (tertiary/aromatic N) is 1. The summed E-state index contributed by atoms with van der Waals surface area (Å²) in [5.41, 5.74) is 1.06. The van der Waals surface area contributed by atoms with E-state index in [2.05, 4.69) is 10.3 Å². The Bertz CT molecular complexity index is 440. The van der Waals surface area contributed by atoms with Crippen LogP contribution in [0.25, 0.3) is 0 Å². The van der Waals surface area contributed by atoms with E-state index in [9.17, 15) is 9.59 Å². The molecule has 2 N–H and O–H groups in total. The Morgan fingerprint density at radius 2 is 2.16 bits per heavy atom. The first-order chi connectivity index (χ1) is 8.90. The van der Waals surface area contributed by atoms with Crippen LogP contribution in [-0.4, -0.2) is 33.8 Å². The van der Waals surface area contributed by atoms with Gasteiger partial charge in [-0.3, -0.25) is 4.79 Å². The molecule has 7 heteroatoms. The van der Waals surface area contributed by atoms with Crippen molar-refractivity contribution >= 4 is 35.0 Å². The molecule has 1 atom stereocenters. The van der Waals surface area contributed by atoms with E-state index < -0.39 is 12.0 Å². The van der Waals surface area contributed by atoms with E-state index >= 15 is 0 Å². The maximum Gasteiger partial charge on any atom is 0.326 e. The van der Waals surface area contributed by atoms with Crippen molar-refractivity contribution < 1.29 is 14.7 Å². The molecular weight excluding hydrogens is 284 g/mol. The molecular formula is C12H18N2O3S2. The molecule has 5 nitrogen and oxygen atoms in total. The van der Waals surface area contributed by atoms with Crippen LogP contribution in [0, 0.1) is 13.8 Å². The zero-order valence-corrected chi connectivity index (χ0v) is 12.9. The molecule has 1 rings (SSSR count). The van der Waals surface area contributed by atoms with Crippen molar-refractivity contribution in [2.24, 2.45) is 0 Å². The van der Waals surface area contributed by atoms with Gasteiger partial charge in [0.1, 0.15) is 11.0 Å². The molecule has 0 aromatic carbocycles. The Balaban J connectivity index is 2.32. The summed E-state index contributed by atoms with van der Waals surface area (Å²) in [7, 11) is 0. The van der Waals surface area contributed by atoms with E-state index in [0.29, 0.717) is 12.2 Å². The third-order valence-electron chi connectivity index (χ3n) is 2.52. The second-order valence-corrected chi connectivity index (χ2v) is 6.57. The number of hydrogen-bond donors (Lipinski definition) is 2. The van der Waals surface area contributed by atoms with Crippen molar-refractivity contribution in [3.63, 3.8) is 0 Å². The third kappa shape index (κ3) is 5.61. The van der Waals surface area contributed by atoms with Crippen LogP contribution in [0.1, 0.15) is 28.9 Å². The second-order valence-electron chi connectivity index (χ2n) is 4.18. The predicted molar refractivity (Wildman–Crippen MR) is 77.6 cm³/mol. The average molecular weight is 302 g/mol. The third-order valence-corrected chi connectivity index (χ3v) is 4.78. The zero-order chi connectivity index (χ0) is 14.4. The highest BCUT2D eigenvalue weighted by molar-refractivity contribution is 7.98. The van der Waals surface area contributed by atoms with E-state index in [1.165, 1.54) is 11.8 Å². The number of aliphatic carboxylic acids is 1. The number of aryl methyl sites for hydroxylation is 2. The lowest BCUT2D eigenvalue weighted by atomic mass is 10.2. The van der Waals surface area contributed by atoms with Crippen molar-refractivity contribution in [1.82, 2.24) is 10.3 Å². The number of thiazole rings is 1. The molecule has 0 aliphatic heterocycles. The van der Waals surface area contributed by atoms with E-state index in [4.69, 9.17) is 5.11 Å². The highest BCUT2D eigenvalue weighted by Crippen LogP contribution is 2.21. The topological polar surface area (TPSA) is 79.3 Å². The number of rotatable bonds is 7. The molecule has 19 heavy (non-hydrogen) atoms. The van der Waals surface area contributed by atoms with Crippen LogP contribution in [-0.2, 0) is 15.3 Å². The smallest absolute Gasteiger partial charge is 0.326 e. The Labute approximate surface area is 120 Å². The molecule has 0 saturated carbocycles. The summed E-state index contributed by atoms with van der Waals surface area (Å²) >= 11 is 3.31. The molecule has 0 bridgehead atoms. The fourth-order valence-corrected chi connectivity index (χ4v) is 3.47. The standard InChI is InChI=1S/C12H18N2O3S2/c1-7-8(2)19-11(13-7)6-18-5-4-10(12(16)17)14-9(3)15/h10H,4-6H2,1-3H3,(H,14,15)(H,16,17). The number of thioether (sulfide) groups is 1. The van der Waals surface area contributed by atoms with Gasteiger partial charge in [0.15, 0.2) is 0 Å². The van der Waals surface area contributed by atoms with Gasteiger partial charge < -0.3 is 10.4 Å². The first kappa shape index (κ1) is 16.0. The Hall–Kier alpha value is -1.08. The first-order valence-corrected chi connectivity index (χ1v) is 7.88. The van der Waals surface area contributed by atoms with Crippen LogP contribution in [0.4, 0.5) is 0 Å². The molecule has 1 amide bonds. The van der Waals surface area contributed by atoms with Crippen molar-refractivity contribution in [3.05, 3.63) is 15.6 Å². The minimum atomic E-state index is -0.989. The number of carbonyl (C=O) groups is 2. The number of aromatic nitrogens is 1. The number of nitrogens with one attached hydrogen (secondary N) is 1. The molecule has 0 aliphatic rings. The molecule has 0 fully saturated rings. The summed E-state index contributed by atoms with van der Waals surface area (Å²) in [5.74, 6) is 0.154. The molecule has 0 saturated heterocycles. The average Bonchev–Trinajstić information content (AvgIpc) is 2.62. The summed E-state index contributed by atoms with van der Waals surface area (Å²) in [6, 6.07) is -0.801. The van der Waals surface area contributed by atoms with Crippen LogP contribution in [0.3, 0.4) is 0 Å². The van der Waals surface area contributed by atoms with Crippen molar-refractivity contribution in [1.29, 1.82) is 0 Å². The SMILES string of the molecule is CC(=O)NC(CCSCc1nc(C)c(C)s1)C(=O)O. The summed E-state index contributed by atoms with van der Waals surface area (Å²) < 4.78 is 0. The van der Waals surface area contributed by atoms with E-state index in [-0.39, 0.29) is 5.91 Å². The summed E-state index contributed by atoms with van der Waals surface area (Å²) in [6.07, 6.45) is 0.420. The van der Waals surface area contributed by atoms with Gasteiger partial charge in [0, 0.05) is 17.6 Å². The zero-order valence-electron chi connectivity index (χ0n) is 11.2. The Morgan fingerprint density at radius 1 is 1.47 bits per heavy atom. The summed E-state index contributed by atoms with van der Waals surface area (Å²) in [5, 5.41) is 12.4. The lowest BCUT2D eigenvalue weighted by Crippen LogP contribution is -2.39. The minimum absolute atomic E-state index is 0.316. The molecule has 1 aromatic heterocycles. The van der Waals surface area contributed by atoms with Crippen LogP contribution >= 0.6 is 23.1 Å². The van der Waals surface area contributed by atoms with Crippen LogP contribution in [0.15, 0.2) is 0 Å². The molecule has 1 aromatic rings. The molecule has 0 radical (unpaired) electrons. The quantitative estimate of drug-likeness (QED) is 0.753. The normalized spacial score (nSPS) is 12.2. The summed E-state index contributed by atoms with van der Waals surface area (Å²) in [4.78, 5) is 27.4. The maximum absolute atomic E-state index is 10.9. The Kier molecular flexibility index (Phi) is 6.30. The van der Waals surface area contributed by atoms with Crippen LogP contribution < -0.4 is 5.32 Å². The number of carbonyl (C=O) groups excluding carboxylic acids is 1. The summed E-state index contributed by atoms with van der Waals surface area (Å²) in [6.45, 7) is 5.35. The van der Waals surface area contributed by atoms with Crippen molar-refractivity contribution in [3.8, 4) is 0 Å². The van der Waals surface area contributed by atoms with E-state index in [1.54, 1.807) is 23.1 Å². The molecule has 0 aliphatic carbocycles. The van der Waals surface area contributed by atoms with Gasteiger partial charge in [-0.25, -0.2) is 9.78 Å². The second kappa shape index (κ2) is 7.49. The van der Waals surface area contributed by atoms with Crippen molar-refractivity contribution in [2.45, 2.75) is 39.0 Å². The monoisotopic (exact) mass is 302 g/mol. The lowest BCUT2D eigenvalue weighted by molar-refractivity contribution is -0.141. The number of amides is 1.